The zero-order valence-corrected chi connectivity index (χ0v) is 16.7. The van der Waals surface area contributed by atoms with Crippen LogP contribution < -0.4 is 15.8 Å². The molecule has 3 N–H and O–H groups in total. The Labute approximate surface area is 171 Å². The second kappa shape index (κ2) is 9.99. The van der Waals surface area contributed by atoms with Crippen molar-refractivity contribution in [1.82, 2.24) is 10.2 Å². The number of hydrogen-bond acceptors (Lipinski definition) is 4. The highest BCUT2D eigenvalue weighted by molar-refractivity contribution is 5.89. The van der Waals surface area contributed by atoms with Crippen LogP contribution in [0, 0.1) is 5.92 Å². The number of ether oxygens (including phenoxy) is 1. The number of carbonyl (C=O) groups is 2. The van der Waals surface area contributed by atoms with E-state index in [9.17, 15) is 9.59 Å². The molecule has 3 rings (SSSR count). The molecule has 2 aromatic rings. The van der Waals surface area contributed by atoms with E-state index in [2.05, 4.69) is 5.32 Å². The van der Waals surface area contributed by atoms with Crippen molar-refractivity contribution in [2.24, 2.45) is 5.92 Å². The average Bonchev–Trinajstić information content (AvgIpc) is 3.04. The topological polar surface area (TPSA) is 84.7 Å². The number of nitrogens with one attached hydrogen (secondary N) is 1. The lowest BCUT2D eigenvalue weighted by atomic mass is 10.1. The Morgan fingerprint density at radius 1 is 1.14 bits per heavy atom. The number of rotatable bonds is 7. The molecule has 0 saturated carbocycles. The fourth-order valence-corrected chi connectivity index (χ4v) is 3.21. The summed E-state index contributed by atoms with van der Waals surface area (Å²) in [7, 11) is 1.62. The third-order valence-electron chi connectivity index (χ3n) is 4.81. The summed E-state index contributed by atoms with van der Waals surface area (Å²) in [5, 5.41) is 2.94. The van der Waals surface area contributed by atoms with Crippen LogP contribution in [0.5, 0.6) is 5.75 Å². The number of nitrogens with two attached hydrogens (primary N) is 1. The van der Waals surface area contributed by atoms with Crippen LogP contribution in [0.3, 0.4) is 0 Å². The van der Waals surface area contributed by atoms with Gasteiger partial charge in [-0.05, 0) is 41.8 Å². The molecule has 1 fully saturated rings. The number of hydrogen-bond donors (Lipinski definition) is 2. The maximum atomic E-state index is 12.4. The zero-order chi connectivity index (χ0) is 19.2. The minimum Gasteiger partial charge on any atom is -0.497 e. The van der Waals surface area contributed by atoms with E-state index in [4.69, 9.17) is 10.5 Å². The Morgan fingerprint density at radius 2 is 1.79 bits per heavy atom. The molecule has 6 nitrogen and oxygen atoms in total. The molecule has 150 valence electrons. The minimum absolute atomic E-state index is 0. The largest absolute Gasteiger partial charge is 0.497 e. The van der Waals surface area contributed by atoms with Crippen LogP contribution in [0.4, 0.5) is 5.69 Å². The summed E-state index contributed by atoms with van der Waals surface area (Å²) in [5.74, 6) is 0.451. The molecule has 0 aromatic heterocycles. The van der Waals surface area contributed by atoms with Gasteiger partial charge >= 0.3 is 0 Å². The van der Waals surface area contributed by atoms with Gasteiger partial charge in [0.2, 0.25) is 11.8 Å². The Hall–Kier alpha value is -2.73. The maximum absolute atomic E-state index is 12.4. The number of anilines is 1. The second-order valence-corrected chi connectivity index (χ2v) is 6.81. The summed E-state index contributed by atoms with van der Waals surface area (Å²) in [6, 6.07) is 15.2. The van der Waals surface area contributed by atoms with E-state index >= 15 is 0 Å². The Balaban J connectivity index is 0.00000280. The second-order valence-electron chi connectivity index (χ2n) is 6.81. The van der Waals surface area contributed by atoms with Crippen molar-refractivity contribution in [3.63, 3.8) is 0 Å². The molecule has 2 aromatic carbocycles. The van der Waals surface area contributed by atoms with Gasteiger partial charge in [0.05, 0.1) is 13.0 Å². The van der Waals surface area contributed by atoms with Crippen molar-refractivity contribution in [3.05, 3.63) is 59.7 Å². The molecule has 1 saturated heterocycles. The summed E-state index contributed by atoms with van der Waals surface area (Å²) >= 11 is 0. The van der Waals surface area contributed by atoms with Crippen molar-refractivity contribution in [2.75, 3.05) is 25.9 Å². The summed E-state index contributed by atoms with van der Waals surface area (Å²) in [6.07, 6.45) is 1.01. The number of benzene rings is 2. The Morgan fingerprint density at radius 3 is 2.43 bits per heavy atom. The fraction of sp³-hybridized carbons (Fsp3) is 0.333. The highest BCUT2D eigenvalue weighted by Crippen LogP contribution is 2.21. The third kappa shape index (κ3) is 5.63. The predicted octanol–water partition coefficient (Wildman–Crippen LogP) is 2.41. The molecule has 0 bridgehead atoms. The summed E-state index contributed by atoms with van der Waals surface area (Å²) in [5.41, 5.74) is 8.54. The lowest BCUT2D eigenvalue weighted by molar-refractivity contribution is -0.129. The molecule has 1 atom stereocenters. The van der Waals surface area contributed by atoms with Crippen LogP contribution in [0.1, 0.15) is 17.5 Å². The predicted molar refractivity (Wildman–Crippen MR) is 111 cm³/mol. The summed E-state index contributed by atoms with van der Waals surface area (Å²) in [6.45, 7) is 1.52. The van der Waals surface area contributed by atoms with Gasteiger partial charge in [0.25, 0.3) is 0 Å². The first kappa shape index (κ1) is 21.6. The number of nitrogens with zero attached hydrogens (tertiary/aromatic N) is 1. The smallest absolute Gasteiger partial charge is 0.225 e. The molecule has 0 radical (unpaired) electrons. The molecule has 7 heteroatoms. The lowest BCUT2D eigenvalue weighted by Gasteiger charge is -2.17. The van der Waals surface area contributed by atoms with Gasteiger partial charge in [0.15, 0.2) is 0 Å². The normalized spacial score (nSPS) is 15.8. The van der Waals surface area contributed by atoms with Crippen LogP contribution in [-0.4, -0.2) is 36.9 Å². The van der Waals surface area contributed by atoms with Gasteiger partial charge in [-0.25, -0.2) is 0 Å². The molecular formula is C21H26ClN3O3. The number of halogens is 1. The quantitative estimate of drug-likeness (QED) is 0.695. The minimum atomic E-state index is -0.290. The molecule has 1 aliphatic rings. The van der Waals surface area contributed by atoms with E-state index in [0.29, 0.717) is 19.6 Å². The lowest BCUT2D eigenvalue weighted by Crippen LogP contribution is -2.34. The first-order valence-electron chi connectivity index (χ1n) is 9.08. The first-order valence-corrected chi connectivity index (χ1v) is 9.08. The Kier molecular flexibility index (Phi) is 7.70. The number of amides is 2. The van der Waals surface area contributed by atoms with E-state index in [1.807, 2.05) is 48.5 Å². The van der Waals surface area contributed by atoms with Gasteiger partial charge in [-0.3, -0.25) is 9.59 Å². The van der Waals surface area contributed by atoms with E-state index < -0.39 is 0 Å². The zero-order valence-electron chi connectivity index (χ0n) is 15.9. The molecular weight excluding hydrogens is 378 g/mol. The van der Waals surface area contributed by atoms with Crippen molar-refractivity contribution < 1.29 is 14.3 Å². The standard InChI is InChI=1S/C21H25N3O3.ClH/c1-27-19-8-4-16(5-9-19)13-24-14-17(12-20(24)25)21(26)23-11-10-15-2-6-18(22)7-3-15;/h2-9,17H,10-14,22H2,1H3,(H,23,26);1H. The molecule has 0 spiro atoms. The molecule has 1 aliphatic heterocycles. The molecule has 28 heavy (non-hydrogen) atoms. The van der Waals surface area contributed by atoms with Crippen molar-refractivity contribution >= 4 is 29.9 Å². The number of methoxy groups -OCH3 is 1. The monoisotopic (exact) mass is 403 g/mol. The van der Waals surface area contributed by atoms with Crippen molar-refractivity contribution in [2.45, 2.75) is 19.4 Å². The van der Waals surface area contributed by atoms with Crippen LogP contribution in [0.15, 0.2) is 48.5 Å². The van der Waals surface area contributed by atoms with Crippen LogP contribution >= 0.6 is 12.4 Å². The first-order chi connectivity index (χ1) is 13.0. The van der Waals surface area contributed by atoms with Gasteiger partial charge in [-0.15, -0.1) is 12.4 Å². The van der Waals surface area contributed by atoms with Crippen LogP contribution in [-0.2, 0) is 22.6 Å². The van der Waals surface area contributed by atoms with Crippen LogP contribution in [0.2, 0.25) is 0 Å². The van der Waals surface area contributed by atoms with E-state index in [1.165, 1.54) is 0 Å². The van der Waals surface area contributed by atoms with Crippen molar-refractivity contribution in [1.29, 1.82) is 0 Å². The van der Waals surface area contributed by atoms with Gasteiger partial charge < -0.3 is 20.7 Å². The van der Waals surface area contributed by atoms with E-state index in [1.54, 1.807) is 12.0 Å². The average molecular weight is 404 g/mol. The maximum Gasteiger partial charge on any atom is 0.225 e. The Bertz CT molecular complexity index is 794. The van der Waals surface area contributed by atoms with Gasteiger partial charge in [0.1, 0.15) is 5.75 Å². The van der Waals surface area contributed by atoms with E-state index in [-0.39, 0.29) is 36.6 Å². The van der Waals surface area contributed by atoms with Gasteiger partial charge in [0, 0.05) is 31.7 Å². The van der Waals surface area contributed by atoms with E-state index in [0.717, 1.165) is 29.0 Å². The van der Waals surface area contributed by atoms with Gasteiger partial charge in [-0.2, -0.15) is 0 Å². The SMILES string of the molecule is COc1ccc(CN2CC(C(=O)NCCc3ccc(N)cc3)CC2=O)cc1.Cl. The molecule has 1 unspecified atom stereocenters. The highest BCUT2D eigenvalue weighted by atomic mass is 35.5. The molecule has 1 heterocycles. The molecule has 2 amide bonds. The highest BCUT2D eigenvalue weighted by Gasteiger charge is 2.33. The summed E-state index contributed by atoms with van der Waals surface area (Å²) in [4.78, 5) is 26.4. The van der Waals surface area contributed by atoms with Gasteiger partial charge in [-0.1, -0.05) is 24.3 Å². The fourth-order valence-electron chi connectivity index (χ4n) is 3.21. The third-order valence-corrected chi connectivity index (χ3v) is 4.81. The number of likely N-dealkylation sites (tertiary alicyclic amines) is 1. The van der Waals surface area contributed by atoms with Crippen molar-refractivity contribution in [3.8, 4) is 5.75 Å². The molecule has 0 aliphatic carbocycles. The number of nitrogen functional groups attached to an aromatic ring is 1. The van der Waals surface area contributed by atoms with Crippen LogP contribution in [0.25, 0.3) is 0 Å². The number of carbonyl (C=O) groups excluding carboxylic acids is 2. The summed E-state index contributed by atoms with van der Waals surface area (Å²) < 4.78 is 5.14.